The van der Waals surface area contributed by atoms with Gasteiger partial charge in [0.05, 0.1) is 0 Å². The first-order valence-corrected chi connectivity index (χ1v) is 7.09. The van der Waals surface area contributed by atoms with Gasteiger partial charge in [0.1, 0.15) is 0 Å². The number of fused-ring (bicyclic) bond motifs is 1. The van der Waals surface area contributed by atoms with Crippen molar-refractivity contribution in [3.63, 3.8) is 0 Å². The van der Waals surface area contributed by atoms with Gasteiger partial charge in [0.2, 0.25) is 5.78 Å². The van der Waals surface area contributed by atoms with Crippen LogP contribution in [0.15, 0.2) is 18.2 Å². The largest absolute Gasteiger partial charge is 0.482 e. The molecule has 1 aliphatic rings. The van der Waals surface area contributed by atoms with E-state index in [1.165, 1.54) is 24.8 Å². The summed E-state index contributed by atoms with van der Waals surface area (Å²) in [5.41, 5.74) is 1.25. The minimum Gasteiger partial charge on any atom is -0.482 e. The normalized spacial score (nSPS) is 16.0. The lowest BCUT2D eigenvalue weighted by molar-refractivity contribution is -0.122. The molecule has 0 radical (unpaired) electrons. The van der Waals surface area contributed by atoms with Crippen molar-refractivity contribution in [1.82, 2.24) is 0 Å². The van der Waals surface area contributed by atoms with Crippen LogP contribution in [-0.2, 0) is 11.2 Å². The zero-order chi connectivity index (χ0) is 13.7. The topological polar surface area (TPSA) is 35.5 Å². The number of hydrogen-bond acceptors (Lipinski definition) is 3. The maximum atomic E-state index is 11.3. The molecular weight excluding hydrogens is 240 g/mol. The van der Waals surface area contributed by atoms with E-state index in [0.717, 1.165) is 6.42 Å². The number of carbonyl (C=O) groups excluding carboxylic acids is 1. The molecule has 3 heteroatoms. The molecule has 104 valence electrons. The van der Waals surface area contributed by atoms with Gasteiger partial charge >= 0.3 is 0 Å². The van der Waals surface area contributed by atoms with Gasteiger partial charge in [-0.2, -0.15) is 0 Å². The fraction of sp³-hybridized carbons (Fsp3) is 0.562. The Kier molecular flexibility index (Phi) is 4.83. The molecule has 0 saturated carbocycles. The minimum atomic E-state index is -0.0194. The smallest absolute Gasteiger partial charge is 0.207 e. The standard InChI is InChI=1S/C16H22O3/c1-3-4-5-12(2)8-13-6-7-15-16(9-13)19-11-14(17)10-18-15/h6-7,9,12H,3-5,8,10-11H2,1-2H3. The molecule has 1 atom stereocenters. The van der Waals surface area contributed by atoms with E-state index in [9.17, 15) is 4.79 Å². The van der Waals surface area contributed by atoms with Crippen LogP contribution in [0.4, 0.5) is 0 Å². The van der Waals surface area contributed by atoms with Gasteiger partial charge in [-0.25, -0.2) is 0 Å². The van der Waals surface area contributed by atoms with E-state index in [0.29, 0.717) is 17.4 Å². The van der Waals surface area contributed by atoms with Crippen molar-refractivity contribution in [1.29, 1.82) is 0 Å². The van der Waals surface area contributed by atoms with Crippen LogP contribution in [0.3, 0.4) is 0 Å². The summed E-state index contributed by atoms with van der Waals surface area (Å²) in [7, 11) is 0. The van der Waals surface area contributed by atoms with Crippen LogP contribution in [0.5, 0.6) is 11.5 Å². The van der Waals surface area contributed by atoms with Crippen LogP contribution in [0.1, 0.15) is 38.7 Å². The summed E-state index contributed by atoms with van der Waals surface area (Å²) < 4.78 is 10.9. The molecule has 19 heavy (non-hydrogen) atoms. The maximum absolute atomic E-state index is 11.3. The van der Waals surface area contributed by atoms with Gasteiger partial charge in [0.15, 0.2) is 24.7 Å². The maximum Gasteiger partial charge on any atom is 0.207 e. The number of benzene rings is 1. The molecule has 1 unspecified atom stereocenters. The third kappa shape index (κ3) is 3.98. The lowest BCUT2D eigenvalue weighted by atomic mass is 9.96. The predicted octanol–water partition coefficient (Wildman–Crippen LogP) is 3.40. The first-order chi connectivity index (χ1) is 9.19. The van der Waals surface area contributed by atoms with E-state index in [1.54, 1.807) is 0 Å². The Morgan fingerprint density at radius 2 is 1.95 bits per heavy atom. The van der Waals surface area contributed by atoms with Crippen molar-refractivity contribution < 1.29 is 14.3 Å². The molecule has 0 N–H and O–H groups in total. The lowest BCUT2D eigenvalue weighted by Crippen LogP contribution is -2.15. The minimum absolute atomic E-state index is 0.0194. The number of rotatable bonds is 5. The molecular formula is C16H22O3. The van der Waals surface area contributed by atoms with Gasteiger partial charge in [0.25, 0.3) is 0 Å². The molecule has 3 nitrogen and oxygen atoms in total. The molecule has 1 aromatic rings. The van der Waals surface area contributed by atoms with Gasteiger partial charge in [-0.3, -0.25) is 4.79 Å². The average molecular weight is 262 g/mol. The Balaban J connectivity index is 2.02. The van der Waals surface area contributed by atoms with Crippen molar-refractivity contribution >= 4 is 5.78 Å². The summed E-state index contributed by atoms with van der Waals surface area (Å²) in [6.07, 6.45) is 4.82. The van der Waals surface area contributed by atoms with E-state index >= 15 is 0 Å². The molecule has 0 aromatic heterocycles. The van der Waals surface area contributed by atoms with Crippen LogP contribution in [0.25, 0.3) is 0 Å². The number of ether oxygens (including phenoxy) is 2. The van der Waals surface area contributed by atoms with Gasteiger partial charge < -0.3 is 9.47 Å². The van der Waals surface area contributed by atoms with E-state index in [4.69, 9.17) is 9.47 Å². The zero-order valence-electron chi connectivity index (χ0n) is 11.8. The molecule has 0 aliphatic carbocycles. The van der Waals surface area contributed by atoms with Crippen LogP contribution < -0.4 is 9.47 Å². The monoisotopic (exact) mass is 262 g/mol. The van der Waals surface area contributed by atoms with Crippen LogP contribution in [0.2, 0.25) is 0 Å². The third-order valence-electron chi connectivity index (χ3n) is 3.42. The van der Waals surface area contributed by atoms with E-state index < -0.39 is 0 Å². The molecule has 0 spiro atoms. The summed E-state index contributed by atoms with van der Waals surface area (Å²) in [6.45, 7) is 4.72. The first kappa shape index (κ1) is 13.9. The molecule has 0 amide bonds. The van der Waals surface area contributed by atoms with Gasteiger partial charge in [-0.15, -0.1) is 0 Å². The molecule has 1 aromatic carbocycles. The number of unbranched alkanes of at least 4 members (excludes halogenated alkanes) is 1. The Morgan fingerprint density at radius 3 is 2.68 bits per heavy atom. The van der Waals surface area contributed by atoms with Crippen molar-refractivity contribution in [2.75, 3.05) is 13.2 Å². The second-order valence-corrected chi connectivity index (χ2v) is 5.35. The highest BCUT2D eigenvalue weighted by Gasteiger charge is 2.16. The fourth-order valence-electron chi connectivity index (χ4n) is 2.33. The summed E-state index contributed by atoms with van der Waals surface area (Å²) in [4.78, 5) is 11.3. The predicted molar refractivity (Wildman–Crippen MR) is 74.8 cm³/mol. The molecule has 2 rings (SSSR count). The zero-order valence-corrected chi connectivity index (χ0v) is 11.8. The summed E-state index contributed by atoms with van der Waals surface area (Å²) in [5, 5.41) is 0. The van der Waals surface area contributed by atoms with Crippen LogP contribution in [-0.4, -0.2) is 19.0 Å². The van der Waals surface area contributed by atoms with Crippen LogP contribution >= 0.6 is 0 Å². The van der Waals surface area contributed by atoms with E-state index in [2.05, 4.69) is 19.9 Å². The van der Waals surface area contributed by atoms with E-state index in [-0.39, 0.29) is 19.0 Å². The summed E-state index contributed by atoms with van der Waals surface area (Å²) in [6, 6.07) is 5.99. The molecule has 0 fully saturated rings. The quantitative estimate of drug-likeness (QED) is 0.816. The Labute approximate surface area is 114 Å². The highest BCUT2D eigenvalue weighted by atomic mass is 16.5. The number of hydrogen-bond donors (Lipinski definition) is 0. The van der Waals surface area contributed by atoms with Gasteiger partial charge in [0, 0.05) is 0 Å². The molecule has 1 heterocycles. The number of ketones is 1. The van der Waals surface area contributed by atoms with Gasteiger partial charge in [-0.05, 0) is 30.0 Å². The summed E-state index contributed by atoms with van der Waals surface area (Å²) >= 11 is 0. The third-order valence-corrected chi connectivity index (χ3v) is 3.42. The highest BCUT2D eigenvalue weighted by molar-refractivity contribution is 5.82. The Morgan fingerprint density at radius 1 is 1.21 bits per heavy atom. The Bertz CT molecular complexity index is 440. The van der Waals surface area contributed by atoms with Crippen molar-refractivity contribution in [3.8, 4) is 11.5 Å². The molecule has 1 aliphatic heterocycles. The number of carbonyl (C=O) groups is 1. The average Bonchev–Trinajstić information content (AvgIpc) is 2.59. The second kappa shape index (κ2) is 6.60. The van der Waals surface area contributed by atoms with Crippen molar-refractivity contribution in [2.24, 2.45) is 5.92 Å². The van der Waals surface area contributed by atoms with Crippen molar-refractivity contribution in [3.05, 3.63) is 23.8 Å². The molecule has 0 bridgehead atoms. The Hall–Kier alpha value is -1.51. The van der Waals surface area contributed by atoms with Crippen molar-refractivity contribution in [2.45, 2.75) is 39.5 Å². The fourth-order valence-corrected chi connectivity index (χ4v) is 2.33. The SMILES string of the molecule is CCCCC(C)Cc1ccc2c(c1)OCC(=O)CO2. The van der Waals surface area contributed by atoms with Gasteiger partial charge in [-0.1, -0.05) is 39.2 Å². The van der Waals surface area contributed by atoms with E-state index in [1.807, 2.05) is 12.1 Å². The first-order valence-electron chi connectivity index (χ1n) is 7.09. The lowest BCUT2D eigenvalue weighted by Gasteiger charge is -2.13. The molecule has 0 saturated heterocycles. The van der Waals surface area contributed by atoms with Crippen LogP contribution in [0, 0.1) is 5.92 Å². The second-order valence-electron chi connectivity index (χ2n) is 5.35. The number of Topliss-reactive ketones (excluding diaryl/α,β-unsaturated/α-hetero) is 1. The summed E-state index contributed by atoms with van der Waals surface area (Å²) in [5.74, 6) is 2.03. The highest BCUT2D eigenvalue weighted by Crippen LogP contribution is 2.31.